The Morgan fingerprint density at radius 2 is 1.80 bits per heavy atom. The van der Waals surface area contributed by atoms with Crippen molar-refractivity contribution in [2.75, 3.05) is 46.4 Å². The van der Waals surface area contributed by atoms with Gasteiger partial charge in [-0.1, -0.05) is 12.1 Å². The zero-order valence-electron chi connectivity index (χ0n) is 11.9. The Bertz CT molecular complexity index is 422. The summed E-state index contributed by atoms with van der Waals surface area (Å²) >= 11 is 0. The first-order valence-electron chi connectivity index (χ1n) is 6.30. The fraction of sp³-hybridized carbons (Fsp3) is 0.500. The zero-order valence-corrected chi connectivity index (χ0v) is 11.9. The molecule has 1 aromatic carbocycles. The number of benzene rings is 1. The molecule has 0 radical (unpaired) electrons. The van der Waals surface area contributed by atoms with Gasteiger partial charge in [-0.3, -0.25) is 0 Å². The fourth-order valence-corrected chi connectivity index (χ4v) is 1.64. The van der Waals surface area contributed by atoms with Gasteiger partial charge in [-0.2, -0.15) is 0 Å². The van der Waals surface area contributed by atoms with Crippen LogP contribution in [0.15, 0.2) is 18.2 Å². The van der Waals surface area contributed by atoms with E-state index in [-0.39, 0.29) is 6.61 Å². The predicted octanol–water partition coefficient (Wildman–Crippen LogP) is 1.24. The maximum atomic E-state index is 11.7. The van der Waals surface area contributed by atoms with E-state index >= 15 is 0 Å². The molecule has 6 nitrogen and oxygen atoms in total. The monoisotopic (exact) mass is 283 g/mol. The molecule has 0 saturated carbocycles. The van der Waals surface area contributed by atoms with E-state index in [9.17, 15) is 4.79 Å². The predicted molar refractivity (Wildman–Crippen MR) is 74.5 cm³/mol. The van der Waals surface area contributed by atoms with E-state index in [2.05, 4.69) is 0 Å². The maximum Gasteiger partial charge on any atom is 0.340 e. The van der Waals surface area contributed by atoms with Crippen LogP contribution < -0.4 is 5.73 Å². The van der Waals surface area contributed by atoms with Gasteiger partial charge in [0.2, 0.25) is 0 Å². The van der Waals surface area contributed by atoms with Gasteiger partial charge in [0, 0.05) is 12.8 Å². The van der Waals surface area contributed by atoms with Crippen molar-refractivity contribution in [1.82, 2.24) is 0 Å². The second-order valence-electron chi connectivity index (χ2n) is 4.03. The second kappa shape index (κ2) is 9.30. The van der Waals surface area contributed by atoms with Crippen LogP contribution in [0.5, 0.6) is 0 Å². The number of methoxy groups -OCH3 is 2. The largest absolute Gasteiger partial charge is 0.465 e. The van der Waals surface area contributed by atoms with Gasteiger partial charge in [0.25, 0.3) is 0 Å². The van der Waals surface area contributed by atoms with Gasteiger partial charge < -0.3 is 24.7 Å². The van der Waals surface area contributed by atoms with E-state index in [1.54, 1.807) is 25.3 Å². The summed E-state index contributed by atoms with van der Waals surface area (Å²) in [6, 6.07) is 5.22. The molecule has 0 saturated heterocycles. The Morgan fingerprint density at radius 3 is 2.50 bits per heavy atom. The van der Waals surface area contributed by atoms with Crippen LogP contribution in [0.4, 0.5) is 5.69 Å². The van der Waals surface area contributed by atoms with E-state index in [0.29, 0.717) is 43.2 Å². The minimum absolute atomic E-state index is 0.281. The fourth-order valence-electron chi connectivity index (χ4n) is 1.64. The summed E-state index contributed by atoms with van der Waals surface area (Å²) in [5.74, 6) is -0.460. The Kier molecular flexibility index (Phi) is 7.64. The topological polar surface area (TPSA) is 80.0 Å². The molecular weight excluding hydrogens is 262 g/mol. The Hall–Kier alpha value is -1.63. The lowest BCUT2D eigenvalue weighted by Crippen LogP contribution is -2.12. The van der Waals surface area contributed by atoms with Gasteiger partial charge in [-0.25, -0.2) is 4.79 Å². The van der Waals surface area contributed by atoms with Gasteiger partial charge in [-0.05, 0) is 11.6 Å². The van der Waals surface area contributed by atoms with Gasteiger partial charge in [0.05, 0.1) is 45.7 Å². The summed E-state index contributed by atoms with van der Waals surface area (Å²) in [5.41, 5.74) is 7.23. The third-order valence-corrected chi connectivity index (χ3v) is 2.63. The summed E-state index contributed by atoms with van der Waals surface area (Å²) < 4.78 is 20.3. The highest BCUT2D eigenvalue weighted by Crippen LogP contribution is 2.19. The number of nitrogens with two attached hydrogens (primary N) is 1. The number of hydrogen-bond acceptors (Lipinski definition) is 6. The summed E-state index contributed by atoms with van der Waals surface area (Å²) in [6.45, 7) is 2.27. The van der Waals surface area contributed by atoms with Crippen molar-refractivity contribution in [1.29, 1.82) is 0 Å². The molecule has 0 aliphatic heterocycles. The Balaban J connectivity index is 2.44. The SMILES string of the molecule is COCCOCCOCc1cccc(N)c1C(=O)OC. The van der Waals surface area contributed by atoms with Crippen LogP contribution in [-0.2, 0) is 25.6 Å². The number of esters is 1. The van der Waals surface area contributed by atoms with E-state index in [1.807, 2.05) is 0 Å². The van der Waals surface area contributed by atoms with Crippen molar-refractivity contribution >= 4 is 11.7 Å². The molecule has 0 aliphatic carbocycles. The Morgan fingerprint density at radius 1 is 1.10 bits per heavy atom. The van der Waals surface area contributed by atoms with E-state index < -0.39 is 5.97 Å². The number of anilines is 1. The van der Waals surface area contributed by atoms with Gasteiger partial charge >= 0.3 is 5.97 Å². The number of carbonyl (C=O) groups excluding carboxylic acids is 1. The van der Waals surface area contributed by atoms with Gasteiger partial charge in [0.15, 0.2) is 0 Å². The summed E-state index contributed by atoms with van der Waals surface area (Å²) in [7, 11) is 2.94. The van der Waals surface area contributed by atoms with Crippen molar-refractivity contribution in [2.45, 2.75) is 6.61 Å². The molecular formula is C14H21NO5. The van der Waals surface area contributed by atoms with Crippen LogP contribution in [0.1, 0.15) is 15.9 Å². The first-order valence-corrected chi connectivity index (χ1v) is 6.30. The molecule has 0 amide bonds. The van der Waals surface area contributed by atoms with Crippen LogP contribution in [0.25, 0.3) is 0 Å². The van der Waals surface area contributed by atoms with Crippen LogP contribution in [0.2, 0.25) is 0 Å². The third kappa shape index (κ3) is 5.16. The lowest BCUT2D eigenvalue weighted by atomic mass is 10.1. The Labute approximate surface area is 118 Å². The van der Waals surface area contributed by atoms with Crippen molar-refractivity contribution in [3.8, 4) is 0 Å². The smallest absolute Gasteiger partial charge is 0.340 e. The standard InChI is InChI=1S/C14H21NO5/c1-17-6-7-19-8-9-20-10-11-4-3-5-12(15)13(11)14(16)18-2/h3-5H,6-10,15H2,1-2H3. The number of hydrogen-bond donors (Lipinski definition) is 1. The lowest BCUT2D eigenvalue weighted by Gasteiger charge is -2.11. The van der Waals surface area contributed by atoms with Crippen molar-refractivity contribution in [3.05, 3.63) is 29.3 Å². The molecule has 0 aliphatic rings. The lowest BCUT2D eigenvalue weighted by molar-refractivity contribution is 0.0196. The molecule has 2 N–H and O–H groups in total. The molecule has 0 spiro atoms. The van der Waals surface area contributed by atoms with Crippen molar-refractivity contribution in [3.63, 3.8) is 0 Å². The molecule has 6 heteroatoms. The minimum atomic E-state index is -0.460. The van der Waals surface area contributed by atoms with Crippen LogP contribution in [0, 0.1) is 0 Å². The van der Waals surface area contributed by atoms with Crippen LogP contribution >= 0.6 is 0 Å². The first kappa shape index (κ1) is 16.4. The highest BCUT2D eigenvalue weighted by atomic mass is 16.5. The van der Waals surface area contributed by atoms with E-state index in [4.69, 9.17) is 24.7 Å². The number of ether oxygens (including phenoxy) is 4. The molecule has 0 atom stereocenters. The minimum Gasteiger partial charge on any atom is -0.465 e. The third-order valence-electron chi connectivity index (χ3n) is 2.63. The summed E-state index contributed by atoms with van der Waals surface area (Å²) in [4.78, 5) is 11.7. The van der Waals surface area contributed by atoms with Crippen LogP contribution in [-0.4, -0.2) is 46.6 Å². The molecule has 112 valence electrons. The average molecular weight is 283 g/mol. The number of nitrogen functional groups attached to an aromatic ring is 1. The number of rotatable bonds is 9. The van der Waals surface area contributed by atoms with Crippen molar-refractivity contribution in [2.24, 2.45) is 0 Å². The van der Waals surface area contributed by atoms with Crippen LogP contribution in [0.3, 0.4) is 0 Å². The molecule has 0 aromatic heterocycles. The normalized spacial score (nSPS) is 10.5. The molecule has 0 unspecified atom stereocenters. The van der Waals surface area contributed by atoms with Crippen molar-refractivity contribution < 1.29 is 23.7 Å². The summed E-state index contributed by atoms with van der Waals surface area (Å²) in [5, 5.41) is 0. The molecule has 20 heavy (non-hydrogen) atoms. The van der Waals surface area contributed by atoms with Gasteiger partial charge in [0.1, 0.15) is 0 Å². The van der Waals surface area contributed by atoms with Gasteiger partial charge in [-0.15, -0.1) is 0 Å². The maximum absolute atomic E-state index is 11.7. The molecule has 1 aromatic rings. The average Bonchev–Trinajstić information content (AvgIpc) is 2.45. The second-order valence-corrected chi connectivity index (χ2v) is 4.03. The molecule has 1 rings (SSSR count). The molecule has 0 bridgehead atoms. The molecule has 0 heterocycles. The quantitative estimate of drug-likeness (QED) is 0.417. The highest BCUT2D eigenvalue weighted by molar-refractivity contribution is 5.96. The highest BCUT2D eigenvalue weighted by Gasteiger charge is 2.15. The zero-order chi connectivity index (χ0) is 14.8. The van der Waals surface area contributed by atoms with E-state index in [1.165, 1.54) is 7.11 Å². The summed E-state index contributed by atoms with van der Waals surface area (Å²) in [6.07, 6.45) is 0. The van der Waals surface area contributed by atoms with E-state index in [0.717, 1.165) is 0 Å². The molecule has 0 fully saturated rings. The first-order chi connectivity index (χ1) is 9.70. The number of carbonyl (C=O) groups is 1.